The molecule has 1 heterocycles. The summed E-state index contributed by atoms with van der Waals surface area (Å²) in [6, 6.07) is 9.26. The Hall–Kier alpha value is -0.910. The van der Waals surface area contributed by atoms with Crippen LogP contribution in [0.5, 0.6) is 5.75 Å². The first kappa shape index (κ1) is 13.5. The van der Waals surface area contributed by atoms with E-state index in [9.17, 15) is 5.11 Å². The van der Waals surface area contributed by atoms with Crippen LogP contribution in [0.4, 0.5) is 0 Å². The van der Waals surface area contributed by atoms with Crippen molar-refractivity contribution in [3.05, 3.63) is 56.7 Å². The summed E-state index contributed by atoms with van der Waals surface area (Å²) < 4.78 is 1.90. The number of aromatic hydroxyl groups is 1. The summed E-state index contributed by atoms with van der Waals surface area (Å²) >= 11 is 6.83. The Bertz CT molecular complexity index is 546. The van der Waals surface area contributed by atoms with Gasteiger partial charge in [0.2, 0.25) is 0 Å². The van der Waals surface area contributed by atoms with Gasteiger partial charge in [-0.2, -0.15) is 0 Å². The molecule has 94 valence electrons. The quantitative estimate of drug-likeness (QED) is 0.862. The third kappa shape index (κ3) is 3.54. The Balaban J connectivity index is 1.95. The molecular formula is C13H12Br2N2O. The molecule has 0 aliphatic rings. The third-order valence-corrected chi connectivity index (χ3v) is 3.60. The number of pyridine rings is 1. The third-order valence-electron chi connectivity index (χ3n) is 2.48. The maximum atomic E-state index is 9.63. The molecule has 0 radical (unpaired) electrons. The minimum absolute atomic E-state index is 0.313. The van der Waals surface area contributed by atoms with Gasteiger partial charge in [0.05, 0.1) is 5.69 Å². The lowest BCUT2D eigenvalue weighted by atomic mass is 10.2. The molecule has 0 unspecified atom stereocenters. The zero-order valence-electron chi connectivity index (χ0n) is 9.53. The normalized spacial score (nSPS) is 10.6. The number of benzene rings is 1. The van der Waals surface area contributed by atoms with Gasteiger partial charge in [-0.25, -0.2) is 0 Å². The number of halogens is 2. The number of nitrogens with zero attached hydrogens (tertiary/aromatic N) is 1. The van der Waals surface area contributed by atoms with Gasteiger partial charge in [0.1, 0.15) is 5.75 Å². The fourth-order valence-corrected chi connectivity index (χ4v) is 2.68. The van der Waals surface area contributed by atoms with E-state index < -0.39 is 0 Å². The fraction of sp³-hybridized carbons (Fsp3) is 0.154. The van der Waals surface area contributed by atoms with E-state index in [1.807, 2.05) is 24.3 Å². The summed E-state index contributed by atoms with van der Waals surface area (Å²) in [5, 5.41) is 12.9. The van der Waals surface area contributed by atoms with Crippen molar-refractivity contribution in [2.24, 2.45) is 0 Å². The van der Waals surface area contributed by atoms with Gasteiger partial charge < -0.3 is 10.4 Å². The molecule has 0 aliphatic carbocycles. The number of aromatic nitrogens is 1. The molecule has 0 saturated heterocycles. The van der Waals surface area contributed by atoms with Gasteiger partial charge in [-0.05, 0) is 44.0 Å². The summed E-state index contributed by atoms with van der Waals surface area (Å²) in [6.07, 6.45) is 1.77. The lowest BCUT2D eigenvalue weighted by molar-refractivity contribution is 0.464. The van der Waals surface area contributed by atoms with Crippen LogP contribution in [0.3, 0.4) is 0 Å². The first-order valence-electron chi connectivity index (χ1n) is 5.44. The molecule has 3 nitrogen and oxygen atoms in total. The summed E-state index contributed by atoms with van der Waals surface area (Å²) in [7, 11) is 0. The van der Waals surface area contributed by atoms with Crippen LogP contribution >= 0.6 is 31.9 Å². The number of phenolic OH excluding ortho intramolecular Hbond substituents is 1. The molecule has 0 aliphatic heterocycles. The van der Waals surface area contributed by atoms with Gasteiger partial charge in [-0.15, -0.1) is 0 Å². The molecule has 2 aromatic rings. The van der Waals surface area contributed by atoms with Crippen molar-refractivity contribution in [2.45, 2.75) is 13.1 Å². The predicted molar refractivity (Wildman–Crippen MR) is 78.3 cm³/mol. The molecule has 0 atom stereocenters. The topological polar surface area (TPSA) is 45.1 Å². The molecule has 0 fully saturated rings. The molecule has 0 saturated carbocycles. The van der Waals surface area contributed by atoms with Crippen LogP contribution < -0.4 is 5.32 Å². The summed E-state index contributed by atoms with van der Waals surface area (Å²) in [6.45, 7) is 1.25. The van der Waals surface area contributed by atoms with E-state index in [0.29, 0.717) is 18.8 Å². The van der Waals surface area contributed by atoms with Crippen molar-refractivity contribution >= 4 is 31.9 Å². The Morgan fingerprint density at radius 2 is 1.94 bits per heavy atom. The summed E-state index contributed by atoms with van der Waals surface area (Å²) in [4.78, 5) is 4.31. The number of hydrogen-bond acceptors (Lipinski definition) is 3. The lowest BCUT2D eigenvalue weighted by Gasteiger charge is -2.07. The number of nitrogens with one attached hydrogen (secondary N) is 1. The SMILES string of the molecule is Oc1ccccc1CNCc1ncc(Br)cc1Br. The highest BCUT2D eigenvalue weighted by Gasteiger charge is 2.03. The van der Waals surface area contributed by atoms with Crippen molar-refractivity contribution in [1.82, 2.24) is 10.3 Å². The van der Waals surface area contributed by atoms with Crippen LogP contribution in [0.1, 0.15) is 11.3 Å². The van der Waals surface area contributed by atoms with E-state index in [1.54, 1.807) is 12.3 Å². The van der Waals surface area contributed by atoms with E-state index in [2.05, 4.69) is 42.2 Å². The van der Waals surface area contributed by atoms with Gasteiger partial charge in [0.15, 0.2) is 0 Å². The van der Waals surface area contributed by atoms with Gasteiger partial charge in [0.25, 0.3) is 0 Å². The van der Waals surface area contributed by atoms with Crippen molar-refractivity contribution in [2.75, 3.05) is 0 Å². The van der Waals surface area contributed by atoms with Crippen LogP contribution in [-0.4, -0.2) is 10.1 Å². The molecule has 1 aromatic heterocycles. The number of phenols is 1. The second kappa shape index (κ2) is 6.31. The first-order chi connectivity index (χ1) is 8.66. The smallest absolute Gasteiger partial charge is 0.120 e. The van der Waals surface area contributed by atoms with Gasteiger partial charge in [0, 0.05) is 33.8 Å². The molecule has 18 heavy (non-hydrogen) atoms. The standard InChI is InChI=1S/C13H12Br2N2O/c14-10-5-11(15)12(17-7-10)8-16-6-9-3-1-2-4-13(9)18/h1-5,7,16,18H,6,8H2. The number of para-hydroxylation sites is 1. The zero-order chi connectivity index (χ0) is 13.0. The molecule has 2 N–H and O–H groups in total. The van der Waals surface area contributed by atoms with Gasteiger partial charge >= 0.3 is 0 Å². The van der Waals surface area contributed by atoms with E-state index >= 15 is 0 Å². The average molecular weight is 372 g/mol. The zero-order valence-corrected chi connectivity index (χ0v) is 12.7. The van der Waals surface area contributed by atoms with Crippen LogP contribution in [-0.2, 0) is 13.1 Å². The van der Waals surface area contributed by atoms with Crippen LogP contribution in [0.15, 0.2) is 45.5 Å². The Kier molecular flexibility index (Phi) is 4.74. The summed E-state index contributed by atoms with van der Waals surface area (Å²) in [5.74, 6) is 0.313. The number of rotatable bonds is 4. The van der Waals surface area contributed by atoms with Crippen molar-refractivity contribution < 1.29 is 5.11 Å². The van der Waals surface area contributed by atoms with Crippen LogP contribution in [0.25, 0.3) is 0 Å². The largest absolute Gasteiger partial charge is 0.508 e. The molecule has 0 amide bonds. The van der Waals surface area contributed by atoms with E-state index in [-0.39, 0.29) is 0 Å². The van der Waals surface area contributed by atoms with E-state index in [4.69, 9.17) is 0 Å². The molecule has 5 heteroatoms. The van der Waals surface area contributed by atoms with Gasteiger partial charge in [-0.3, -0.25) is 4.98 Å². The summed E-state index contributed by atoms with van der Waals surface area (Å²) in [5.41, 5.74) is 1.82. The Morgan fingerprint density at radius 3 is 2.67 bits per heavy atom. The van der Waals surface area contributed by atoms with Crippen molar-refractivity contribution in [3.63, 3.8) is 0 Å². The molecule has 2 rings (SSSR count). The predicted octanol–water partition coefficient (Wildman–Crippen LogP) is 3.60. The highest BCUT2D eigenvalue weighted by Crippen LogP contribution is 2.20. The van der Waals surface area contributed by atoms with E-state index in [0.717, 1.165) is 20.2 Å². The maximum Gasteiger partial charge on any atom is 0.120 e. The monoisotopic (exact) mass is 370 g/mol. The minimum Gasteiger partial charge on any atom is -0.508 e. The van der Waals surface area contributed by atoms with Crippen molar-refractivity contribution in [3.8, 4) is 5.75 Å². The van der Waals surface area contributed by atoms with E-state index in [1.165, 1.54) is 0 Å². The fourth-order valence-electron chi connectivity index (χ4n) is 1.55. The van der Waals surface area contributed by atoms with Crippen LogP contribution in [0, 0.1) is 0 Å². The highest BCUT2D eigenvalue weighted by atomic mass is 79.9. The Labute approximate surface area is 123 Å². The maximum absolute atomic E-state index is 9.63. The van der Waals surface area contributed by atoms with Crippen LogP contribution in [0.2, 0.25) is 0 Å². The van der Waals surface area contributed by atoms with Gasteiger partial charge in [-0.1, -0.05) is 18.2 Å². The first-order valence-corrected chi connectivity index (χ1v) is 7.03. The Morgan fingerprint density at radius 1 is 1.17 bits per heavy atom. The second-order valence-electron chi connectivity index (χ2n) is 3.81. The average Bonchev–Trinajstić information content (AvgIpc) is 2.34. The molecule has 1 aromatic carbocycles. The number of hydrogen-bond donors (Lipinski definition) is 2. The highest BCUT2D eigenvalue weighted by molar-refractivity contribution is 9.11. The second-order valence-corrected chi connectivity index (χ2v) is 5.58. The molecular weight excluding hydrogens is 360 g/mol. The molecule has 0 bridgehead atoms. The van der Waals surface area contributed by atoms with Crippen molar-refractivity contribution in [1.29, 1.82) is 0 Å². The minimum atomic E-state index is 0.313. The molecule has 0 spiro atoms. The lowest BCUT2D eigenvalue weighted by Crippen LogP contribution is -2.14.